The zero-order chi connectivity index (χ0) is 11.4. The van der Waals surface area contributed by atoms with Gasteiger partial charge in [0.05, 0.1) is 6.61 Å². The third-order valence-electron chi connectivity index (χ3n) is 4.00. The molecule has 1 heterocycles. The third-order valence-corrected chi connectivity index (χ3v) is 4.00. The Hall–Kier alpha value is -0.120. The molecule has 2 unspecified atom stereocenters. The first kappa shape index (κ1) is 12.3. The largest absolute Gasteiger partial charge is 0.395 e. The Morgan fingerprint density at radius 1 is 1.38 bits per heavy atom. The molecule has 0 amide bonds. The van der Waals surface area contributed by atoms with E-state index in [2.05, 4.69) is 17.1 Å². The van der Waals surface area contributed by atoms with Crippen molar-refractivity contribution in [3.05, 3.63) is 0 Å². The Balaban J connectivity index is 1.67. The predicted octanol–water partition coefficient (Wildman–Crippen LogP) is 1.36. The van der Waals surface area contributed by atoms with Crippen LogP contribution in [0.15, 0.2) is 0 Å². The zero-order valence-electron chi connectivity index (χ0n) is 10.5. The summed E-state index contributed by atoms with van der Waals surface area (Å²) in [6, 6.07) is 1.84. The van der Waals surface area contributed by atoms with Gasteiger partial charge in [-0.25, -0.2) is 0 Å². The number of nitrogens with one attached hydrogen (secondary N) is 1. The molecule has 0 radical (unpaired) electrons. The molecule has 2 aliphatic rings. The van der Waals surface area contributed by atoms with E-state index in [-0.39, 0.29) is 0 Å². The molecule has 0 spiro atoms. The van der Waals surface area contributed by atoms with Gasteiger partial charge in [-0.3, -0.25) is 0 Å². The monoisotopic (exact) mass is 226 g/mol. The molecule has 0 aromatic heterocycles. The lowest BCUT2D eigenvalue weighted by Gasteiger charge is -2.25. The fourth-order valence-electron chi connectivity index (χ4n) is 2.78. The molecular weight excluding hydrogens is 200 g/mol. The second kappa shape index (κ2) is 5.99. The van der Waals surface area contributed by atoms with Gasteiger partial charge < -0.3 is 15.3 Å². The molecule has 2 rings (SSSR count). The second-order valence-electron chi connectivity index (χ2n) is 5.35. The molecule has 94 valence electrons. The molecule has 2 fully saturated rings. The molecule has 3 nitrogen and oxygen atoms in total. The average molecular weight is 226 g/mol. The first-order valence-electron chi connectivity index (χ1n) is 6.94. The smallest absolute Gasteiger partial charge is 0.0585 e. The van der Waals surface area contributed by atoms with Gasteiger partial charge in [-0.05, 0) is 51.6 Å². The quantitative estimate of drug-likeness (QED) is 0.688. The maximum Gasteiger partial charge on any atom is 0.0585 e. The minimum Gasteiger partial charge on any atom is -0.395 e. The number of aliphatic hydroxyl groups excluding tert-OH is 1. The van der Waals surface area contributed by atoms with Gasteiger partial charge in [0.2, 0.25) is 0 Å². The summed E-state index contributed by atoms with van der Waals surface area (Å²) in [7, 11) is 0. The summed E-state index contributed by atoms with van der Waals surface area (Å²) in [4.78, 5) is 2.61. The van der Waals surface area contributed by atoms with Gasteiger partial charge in [0.15, 0.2) is 0 Å². The molecule has 1 aliphatic heterocycles. The SMILES string of the molecule is CCC1CCCN1CCC(CO)NC1CC1. The van der Waals surface area contributed by atoms with E-state index in [1.54, 1.807) is 0 Å². The van der Waals surface area contributed by atoms with Crippen molar-refractivity contribution in [2.24, 2.45) is 0 Å². The van der Waals surface area contributed by atoms with Crippen molar-refractivity contribution in [1.29, 1.82) is 0 Å². The lowest BCUT2D eigenvalue weighted by Crippen LogP contribution is -2.39. The molecule has 1 aliphatic carbocycles. The third kappa shape index (κ3) is 3.44. The normalized spacial score (nSPS) is 28.5. The molecule has 3 heteroatoms. The van der Waals surface area contributed by atoms with Gasteiger partial charge in [0.25, 0.3) is 0 Å². The highest BCUT2D eigenvalue weighted by Gasteiger charge is 2.26. The van der Waals surface area contributed by atoms with Crippen LogP contribution in [0.5, 0.6) is 0 Å². The molecule has 0 bridgehead atoms. The Morgan fingerprint density at radius 2 is 2.19 bits per heavy atom. The summed E-state index contributed by atoms with van der Waals surface area (Å²) in [6.45, 7) is 5.00. The number of rotatable bonds is 7. The Bertz CT molecular complexity index is 206. The summed E-state index contributed by atoms with van der Waals surface area (Å²) in [5.74, 6) is 0. The van der Waals surface area contributed by atoms with Crippen molar-refractivity contribution in [3.63, 3.8) is 0 Å². The van der Waals surface area contributed by atoms with Gasteiger partial charge in [-0.1, -0.05) is 6.92 Å². The fourth-order valence-corrected chi connectivity index (χ4v) is 2.78. The topological polar surface area (TPSA) is 35.5 Å². The number of aliphatic hydroxyl groups is 1. The highest BCUT2D eigenvalue weighted by molar-refractivity contribution is 4.86. The molecule has 0 aromatic carbocycles. The molecule has 2 N–H and O–H groups in total. The maximum atomic E-state index is 9.32. The van der Waals surface area contributed by atoms with Crippen LogP contribution in [0.3, 0.4) is 0 Å². The van der Waals surface area contributed by atoms with E-state index in [1.807, 2.05) is 0 Å². The molecule has 1 saturated carbocycles. The molecular formula is C13H26N2O. The molecule has 2 atom stereocenters. The van der Waals surface area contributed by atoms with E-state index >= 15 is 0 Å². The van der Waals surface area contributed by atoms with Crippen LogP contribution < -0.4 is 5.32 Å². The van der Waals surface area contributed by atoms with Crippen LogP contribution in [0.25, 0.3) is 0 Å². The number of hydrogen-bond acceptors (Lipinski definition) is 3. The Kier molecular flexibility index (Phi) is 4.62. The molecule has 1 saturated heterocycles. The van der Waals surface area contributed by atoms with Gasteiger partial charge >= 0.3 is 0 Å². The van der Waals surface area contributed by atoms with Crippen LogP contribution in [0.2, 0.25) is 0 Å². The van der Waals surface area contributed by atoms with Crippen LogP contribution in [0, 0.1) is 0 Å². The Labute approximate surface area is 99.2 Å². The van der Waals surface area contributed by atoms with E-state index in [1.165, 1.54) is 38.6 Å². The van der Waals surface area contributed by atoms with Gasteiger partial charge in [0.1, 0.15) is 0 Å². The number of hydrogen-bond donors (Lipinski definition) is 2. The predicted molar refractivity (Wildman–Crippen MR) is 66.5 cm³/mol. The lowest BCUT2D eigenvalue weighted by molar-refractivity contribution is 0.195. The lowest BCUT2D eigenvalue weighted by atomic mass is 10.1. The van der Waals surface area contributed by atoms with E-state index in [0.29, 0.717) is 18.7 Å². The van der Waals surface area contributed by atoms with Crippen molar-refractivity contribution >= 4 is 0 Å². The average Bonchev–Trinajstić information content (AvgIpc) is 3.00. The van der Waals surface area contributed by atoms with Crippen LogP contribution in [-0.2, 0) is 0 Å². The van der Waals surface area contributed by atoms with Crippen LogP contribution in [-0.4, -0.2) is 47.8 Å². The van der Waals surface area contributed by atoms with Crippen LogP contribution in [0.1, 0.15) is 45.4 Å². The van der Waals surface area contributed by atoms with Gasteiger partial charge in [0, 0.05) is 18.1 Å². The van der Waals surface area contributed by atoms with Gasteiger partial charge in [-0.15, -0.1) is 0 Å². The molecule has 0 aromatic rings. The van der Waals surface area contributed by atoms with Gasteiger partial charge in [-0.2, -0.15) is 0 Å². The van der Waals surface area contributed by atoms with Crippen molar-refractivity contribution in [1.82, 2.24) is 10.2 Å². The fraction of sp³-hybridized carbons (Fsp3) is 1.00. The van der Waals surface area contributed by atoms with E-state index in [0.717, 1.165) is 19.0 Å². The summed E-state index contributed by atoms with van der Waals surface area (Å²) in [5.41, 5.74) is 0. The highest BCUT2D eigenvalue weighted by Crippen LogP contribution is 2.22. The summed E-state index contributed by atoms with van der Waals surface area (Å²) in [5, 5.41) is 12.8. The Morgan fingerprint density at radius 3 is 2.81 bits per heavy atom. The van der Waals surface area contributed by atoms with E-state index in [9.17, 15) is 5.11 Å². The van der Waals surface area contributed by atoms with Crippen molar-refractivity contribution in [2.75, 3.05) is 19.7 Å². The summed E-state index contributed by atoms with van der Waals surface area (Å²) in [6.07, 6.45) is 7.72. The second-order valence-corrected chi connectivity index (χ2v) is 5.35. The van der Waals surface area contributed by atoms with E-state index < -0.39 is 0 Å². The first-order chi connectivity index (χ1) is 7.83. The summed E-state index contributed by atoms with van der Waals surface area (Å²) < 4.78 is 0. The minimum atomic E-state index is 0.293. The van der Waals surface area contributed by atoms with Crippen molar-refractivity contribution in [2.45, 2.75) is 63.6 Å². The van der Waals surface area contributed by atoms with Crippen LogP contribution in [0.4, 0.5) is 0 Å². The zero-order valence-corrected chi connectivity index (χ0v) is 10.5. The van der Waals surface area contributed by atoms with Crippen molar-refractivity contribution in [3.8, 4) is 0 Å². The van der Waals surface area contributed by atoms with E-state index in [4.69, 9.17) is 0 Å². The number of likely N-dealkylation sites (tertiary alicyclic amines) is 1. The highest BCUT2D eigenvalue weighted by atomic mass is 16.3. The molecule has 16 heavy (non-hydrogen) atoms. The standard InChI is InChI=1S/C13H26N2O/c1-2-13-4-3-8-15(13)9-7-12(10-16)14-11-5-6-11/h11-14,16H,2-10H2,1H3. The first-order valence-corrected chi connectivity index (χ1v) is 6.94. The summed E-state index contributed by atoms with van der Waals surface area (Å²) >= 11 is 0. The van der Waals surface area contributed by atoms with Crippen LogP contribution >= 0.6 is 0 Å². The maximum absolute atomic E-state index is 9.32. The number of nitrogens with zero attached hydrogens (tertiary/aromatic N) is 1. The van der Waals surface area contributed by atoms with Crippen molar-refractivity contribution < 1.29 is 5.11 Å². The minimum absolute atomic E-state index is 0.293.